The molecule has 0 bridgehead atoms. The summed E-state index contributed by atoms with van der Waals surface area (Å²) in [6.07, 6.45) is 3.28. The first-order valence-corrected chi connectivity index (χ1v) is 6.73. The summed E-state index contributed by atoms with van der Waals surface area (Å²) in [6, 6.07) is 4.57. The summed E-state index contributed by atoms with van der Waals surface area (Å²) in [7, 11) is 0. The summed E-state index contributed by atoms with van der Waals surface area (Å²) < 4.78 is 14.8. The van der Waals surface area contributed by atoms with Crippen molar-refractivity contribution >= 4 is 11.6 Å². The SMILES string of the molecule is Cc1ccc(NC(=O)Cn2cc(CCCN)nn2)cc1F. The number of aryl methyl sites for hydroxylation is 2. The summed E-state index contributed by atoms with van der Waals surface area (Å²) in [4.78, 5) is 11.9. The van der Waals surface area contributed by atoms with Crippen LogP contribution >= 0.6 is 0 Å². The van der Waals surface area contributed by atoms with E-state index in [4.69, 9.17) is 5.73 Å². The van der Waals surface area contributed by atoms with Gasteiger partial charge in [-0.3, -0.25) is 4.79 Å². The Kier molecular flexibility index (Phi) is 4.99. The second-order valence-electron chi connectivity index (χ2n) is 4.81. The molecule has 21 heavy (non-hydrogen) atoms. The van der Waals surface area contributed by atoms with Crippen LogP contribution in [0.5, 0.6) is 0 Å². The van der Waals surface area contributed by atoms with Crippen LogP contribution in [0.15, 0.2) is 24.4 Å². The topological polar surface area (TPSA) is 85.8 Å². The molecule has 3 N–H and O–H groups in total. The number of hydrogen-bond donors (Lipinski definition) is 2. The van der Waals surface area contributed by atoms with Crippen molar-refractivity contribution in [3.8, 4) is 0 Å². The van der Waals surface area contributed by atoms with E-state index in [1.54, 1.807) is 25.3 Å². The fourth-order valence-corrected chi connectivity index (χ4v) is 1.83. The average Bonchev–Trinajstić information content (AvgIpc) is 2.88. The number of carbonyl (C=O) groups is 1. The highest BCUT2D eigenvalue weighted by Crippen LogP contribution is 2.13. The number of anilines is 1. The maximum atomic E-state index is 13.4. The van der Waals surface area contributed by atoms with Gasteiger partial charge in [0.1, 0.15) is 12.4 Å². The van der Waals surface area contributed by atoms with Crippen molar-refractivity contribution < 1.29 is 9.18 Å². The Bertz CT molecular complexity index is 626. The van der Waals surface area contributed by atoms with E-state index >= 15 is 0 Å². The molecule has 0 saturated heterocycles. The van der Waals surface area contributed by atoms with Crippen LogP contribution < -0.4 is 11.1 Å². The minimum absolute atomic E-state index is 0.0329. The molecule has 1 aromatic heterocycles. The Balaban J connectivity index is 1.91. The first-order valence-electron chi connectivity index (χ1n) is 6.73. The number of amides is 1. The zero-order valence-electron chi connectivity index (χ0n) is 11.8. The summed E-state index contributed by atoms with van der Waals surface area (Å²) in [5.41, 5.74) is 7.18. The van der Waals surface area contributed by atoms with Crippen LogP contribution in [0.25, 0.3) is 0 Å². The fraction of sp³-hybridized carbons (Fsp3) is 0.357. The molecule has 0 saturated carbocycles. The number of halogens is 1. The highest BCUT2D eigenvalue weighted by molar-refractivity contribution is 5.90. The van der Waals surface area contributed by atoms with Crippen LogP contribution in [0.3, 0.4) is 0 Å². The standard InChI is InChI=1S/C14H18FN5O/c1-10-4-5-11(7-13(10)15)17-14(21)9-20-8-12(18-19-20)3-2-6-16/h4-5,7-8H,2-3,6,9,16H2,1H3,(H,17,21). The third-order valence-corrected chi connectivity index (χ3v) is 2.98. The monoisotopic (exact) mass is 291 g/mol. The lowest BCUT2D eigenvalue weighted by Crippen LogP contribution is -2.19. The second-order valence-corrected chi connectivity index (χ2v) is 4.81. The number of carbonyl (C=O) groups excluding carboxylic acids is 1. The predicted octanol–water partition coefficient (Wildman–Crippen LogP) is 1.26. The number of benzene rings is 1. The van der Waals surface area contributed by atoms with Crippen LogP contribution in [-0.2, 0) is 17.8 Å². The van der Waals surface area contributed by atoms with Crippen LogP contribution in [0.4, 0.5) is 10.1 Å². The van der Waals surface area contributed by atoms with Crippen LogP contribution in [0, 0.1) is 12.7 Å². The smallest absolute Gasteiger partial charge is 0.246 e. The molecule has 2 rings (SSSR count). The molecule has 7 heteroatoms. The molecule has 1 heterocycles. The quantitative estimate of drug-likeness (QED) is 0.839. The van der Waals surface area contributed by atoms with Crippen LogP contribution in [0.1, 0.15) is 17.7 Å². The number of nitrogens with two attached hydrogens (primary N) is 1. The van der Waals surface area contributed by atoms with E-state index in [2.05, 4.69) is 15.6 Å². The number of hydrogen-bond acceptors (Lipinski definition) is 4. The minimum Gasteiger partial charge on any atom is -0.330 e. The number of aromatic nitrogens is 3. The molecule has 0 fully saturated rings. The van der Waals surface area contributed by atoms with E-state index in [1.807, 2.05) is 0 Å². The number of nitrogens with zero attached hydrogens (tertiary/aromatic N) is 3. The van der Waals surface area contributed by atoms with Crippen molar-refractivity contribution in [3.63, 3.8) is 0 Å². The molecular weight excluding hydrogens is 273 g/mol. The minimum atomic E-state index is -0.349. The van der Waals surface area contributed by atoms with Gasteiger partial charge in [0.15, 0.2) is 0 Å². The first-order chi connectivity index (χ1) is 10.1. The summed E-state index contributed by atoms with van der Waals surface area (Å²) in [6.45, 7) is 2.29. The van der Waals surface area contributed by atoms with Gasteiger partial charge in [0, 0.05) is 11.9 Å². The largest absolute Gasteiger partial charge is 0.330 e. The number of nitrogens with one attached hydrogen (secondary N) is 1. The Labute approximate surface area is 122 Å². The molecule has 6 nitrogen and oxygen atoms in total. The van der Waals surface area contributed by atoms with Gasteiger partial charge in [-0.25, -0.2) is 9.07 Å². The summed E-state index contributed by atoms with van der Waals surface area (Å²) in [5, 5.41) is 10.5. The molecule has 1 aromatic carbocycles. The molecule has 0 radical (unpaired) electrons. The van der Waals surface area contributed by atoms with Crippen LogP contribution in [-0.4, -0.2) is 27.4 Å². The fourth-order valence-electron chi connectivity index (χ4n) is 1.83. The maximum absolute atomic E-state index is 13.4. The van der Waals surface area contributed by atoms with Crippen molar-refractivity contribution in [3.05, 3.63) is 41.5 Å². The zero-order valence-corrected chi connectivity index (χ0v) is 11.8. The van der Waals surface area contributed by atoms with Gasteiger partial charge in [0.05, 0.1) is 5.69 Å². The second kappa shape index (κ2) is 6.94. The van der Waals surface area contributed by atoms with Gasteiger partial charge in [-0.15, -0.1) is 5.10 Å². The molecule has 0 aliphatic heterocycles. The normalized spacial score (nSPS) is 10.6. The Hall–Kier alpha value is -2.28. The number of rotatable bonds is 6. The van der Waals surface area contributed by atoms with Gasteiger partial charge in [0.25, 0.3) is 0 Å². The van der Waals surface area contributed by atoms with Gasteiger partial charge in [-0.1, -0.05) is 11.3 Å². The van der Waals surface area contributed by atoms with Crippen LogP contribution in [0.2, 0.25) is 0 Å². The molecule has 112 valence electrons. The lowest BCUT2D eigenvalue weighted by Gasteiger charge is -2.06. The van der Waals surface area contributed by atoms with Gasteiger partial charge in [-0.2, -0.15) is 0 Å². The maximum Gasteiger partial charge on any atom is 0.246 e. The highest BCUT2D eigenvalue weighted by Gasteiger charge is 2.07. The van der Waals surface area contributed by atoms with E-state index in [0.29, 0.717) is 17.8 Å². The highest BCUT2D eigenvalue weighted by atomic mass is 19.1. The van der Waals surface area contributed by atoms with Crippen molar-refractivity contribution in [2.75, 3.05) is 11.9 Å². The molecule has 0 aliphatic rings. The molecule has 0 spiro atoms. The molecule has 0 atom stereocenters. The van der Waals surface area contributed by atoms with Gasteiger partial charge >= 0.3 is 0 Å². The Morgan fingerprint density at radius 2 is 2.29 bits per heavy atom. The average molecular weight is 291 g/mol. The van der Waals surface area contributed by atoms with Crippen molar-refractivity contribution in [1.82, 2.24) is 15.0 Å². The molecule has 0 aliphatic carbocycles. The third kappa shape index (κ3) is 4.35. The third-order valence-electron chi connectivity index (χ3n) is 2.98. The molecule has 0 unspecified atom stereocenters. The lowest BCUT2D eigenvalue weighted by molar-refractivity contribution is -0.116. The summed E-state index contributed by atoms with van der Waals surface area (Å²) >= 11 is 0. The molecule has 2 aromatic rings. The molecular formula is C14H18FN5O. The first kappa shape index (κ1) is 15.1. The van der Waals surface area contributed by atoms with E-state index in [0.717, 1.165) is 18.5 Å². The zero-order chi connectivity index (χ0) is 15.2. The van der Waals surface area contributed by atoms with E-state index in [1.165, 1.54) is 10.7 Å². The van der Waals surface area contributed by atoms with Gasteiger partial charge < -0.3 is 11.1 Å². The lowest BCUT2D eigenvalue weighted by atomic mass is 10.2. The van der Waals surface area contributed by atoms with E-state index in [-0.39, 0.29) is 18.3 Å². The van der Waals surface area contributed by atoms with Crippen molar-refractivity contribution in [1.29, 1.82) is 0 Å². The van der Waals surface area contributed by atoms with Gasteiger partial charge in [-0.05, 0) is 44.0 Å². The van der Waals surface area contributed by atoms with Crippen molar-refractivity contribution in [2.24, 2.45) is 5.73 Å². The van der Waals surface area contributed by atoms with E-state index in [9.17, 15) is 9.18 Å². The van der Waals surface area contributed by atoms with Gasteiger partial charge in [0.2, 0.25) is 5.91 Å². The Morgan fingerprint density at radius 3 is 3.00 bits per heavy atom. The summed E-state index contributed by atoms with van der Waals surface area (Å²) in [5.74, 6) is -0.633. The molecule has 1 amide bonds. The Morgan fingerprint density at radius 1 is 1.48 bits per heavy atom. The predicted molar refractivity (Wildman–Crippen MR) is 77.2 cm³/mol. The van der Waals surface area contributed by atoms with Crippen molar-refractivity contribution in [2.45, 2.75) is 26.3 Å². The van der Waals surface area contributed by atoms with E-state index < -0.39 is 0 Å².